The van der Waals surface area contributed by atoms with Crippen molar-refractivity contribution in [1.82, 2.24) is 5.32 Å². The van der Waals surface area contributed by atoms with Crippen LogP contribution in [-0.4, -0.2) is 12.0 Å². The van der Waals surface area contributed by atoms with E-state index >= 15 is 0 Å². The summed E-state index contributed by atoms with van der Waals surface area (Å²) in [6.45, 7) is 1.69. The van der Waals surface area contributed by atoms with Gasteiger partial charge < -0.3 is 10.1 Å². The summed E-state index contributed by atoms with van der Waals surface area (Å²) in [7, 11) is 0. The maximum Gasteiger partial charge on any atom is 0.261 e. The molecule has 0 heterocycles. The van der Waals surface area contributed by atoms with E-state index in [1.807, 2.05) is 6.07 Å². The van der Waals surface area contributed by atoms with Crippen molar-refractivity contribution in [1.29, 1.82) is 5.26 Å². The number of amides is 1. The Hall–Kier alpha value is -2.87. The third kappa shape index (κ3) is 4.06. The van der Waals surface area contributed by atoms with Crippen LogP contribution < -0.4 is 10.1 Å². The lowest BCUT2D eigenvalue weighted by Gasteiger charge is -2.15. The molecule has 0 aliphatic rings. The molecule has 2 rings (SSSR count). The predicted molar refractivity (Wildman–Crippen MR) is 79.5 cm³/mol. The van der Waals surface area contributed by atoms with Crippen molar-refractivity contribution in [2.24, 2.45) is 0 Å². The van der Waals surface area contributed by atoms with E-state index in [4.69, 9.17) is 10.00 Å². The van der Waals surface area contributed by atoms with Gasteiger partial charge in [-0.1, -0.05) is 24.3 Å². The third-order valence-corrected chi connectivity index (χ3v) is 3.06. The molecule has 112 valence electrons. The number of carbonyl (C=O) groups is 1. The Morgan fingerprint density at radius 3 is 2.82 bits per heavy atom. The first-order chi connectivity index (χ1) is 10.6. The number of halogens is 1. The van der Waals surface area contributed by atoms with E-state index in [0.29, 0.717) is 16.9 Å². The van der Waals surface area contributed by atoms with Crippen molar-refractivity contribution in [3.05, 3.63) is 65.5 Å². The topological polar surface area (TPSA) is 62.1 Å². The van der Waals surface area contributed by atoms with Gasteiger partial charge in [-0.05, 0) is 31.2 Å². The molecule has 1 N–H and O–H groups in total. The van der Waals surface area contributed by atoms with Crippen LogP contribution in [0, 0.1) is 17.1 Å². The summed E-state index contributed by atoms with van der Waals surface area (Å²) in [5.74, 6) is -0.281. The van der Waals surface area contributed by atoms with Crippen LogP contribution in [0.15, 0.2) is 48.5 Å². The van der Waals surface area contributed by atoms with E-state index in [9.17, 15) is 9.18 Å². The van der Waals surface area contributed by atoms with Crippen LogP contribution in [0.2, 0.25) is 0 Å². The molecule has 2 aromatic carbocycles. The zero-order valence-corrected chi connectivity index (χ0v) is 12.0. The summed E-state index contributed by atoms with van der Waals surface area (Å²) in [6, 6.07) is 14.8. The highest BCUT2D eigenvalue weighted by molar-refractivity contribution is 5.80. The van der Waals surface area contributed by atoms with E-state index in [1.54, 1.807) is 49.4 Å². The number of carbonyl (C=O) groups excluding carboxylic acids is 1. The molecule has 0 aliphatic heterocycles. The number of nitrogens with zero attached hydrogens (tertiary/aromatic N) is 1. The highest BCUT2D eigenvalue weighted by atomic mass is 19.1. The molecular weight excluding hydrogens is 283 g/mol. The average Bonchev–Trinajstić information content (AvgIpc) is 2.54. The fourth-order valence-electron chi connectivity index (χ4n) is 1.86. The van der Waals surface area contributed by atoms with E-state index in [-0.39, 0.29) is 18.3 Å². The fraction of sp³-hybridized carbons (Fsp3) is 0.176. The van der Waals surface area contributed by atoms with Gasteiger partial charge in [-0.15, -0.1) is 0 Å². The monoisotopic (exact) mass is 298 g/mol. The Bertz CT molecular complexity index is 710. The second kappa shape index (κ2) is 7.23. The van der Waals surface area contributed by atoms with Crippen LogP contribution in [0.5, 0.6) is 5.75 Å². The molecule has 0 spiro atoms. The molecule has 5 heteroatoms. The first kappa shape index (κ1) is 15.5. The van der Waals surface area contributed by atoms with E-state index in [2.05, 4.69) is 5.32 Å². The van der Waals surface area contributed by atoms with Crippen LogP contribution in [0.1, 0.15) is 18.1 Å². The van der Waals surface area contributed by atoms with Gasteiger partial charge in [-0.2, -0.15) is 5.26 Å². The van der Waals surface area contributed by atoms with Crippen LogP contribution >= 0.6 is 0 Å². The van der Waals surface area contributed by atoms with Gasteiger partial charge in [0, 0.05) is 12.1 Å². The van der Waals surface area contributed by atoms with Gasteiger partial charge in [0.2, 0.25) is 0 Å². The molecule has 0 bridgehead atoms. The van der Waals surface area contributed by atoms with Crippen molar-refractivity contribution < 1.29 is 13.9 Å². The predicted octanol–water partition coefficient (Wildman–Crippen LogP) is 2.78. The van der Waals surface area contributed by atoms with E-state index < -0.39 is 6.10 Å². The summed E-state index contributed by atoms with van der Waals surface area (Å²) < 4.78 is 18.9. The van der Waals surface area contributed by atoms with E-state index in [0.717, 1.165) is 0 Å². The minimum absolute atomic E-state index is 0.0947. The molecule has 0 saturated carbocycles. The van der Waals surface area contributed by atoms with E-state index in [1.165, 1.54) is 6.07 Å². The van der Waals surface area contributed by atoms with Gasteiger partial charge in [0.1, 0.15) is 11.6 Å². The van der Waals surface area contributed by atoms with Crippen LogP contribution in [0.25, 0.3) is 0 Å². The summed E-state index contributed by atoms with van der Waals surface area (Å²) >= 11 is 0. The number of hydrogen-bond donors (Lipinski definition) is 1. The first-order valence-corrected chi connectivity index (χ1v) is 6.78. The number of benzene rings is 2. The van der Waals surface area contributed by atoms with Crippen molar-refractivity contribution in [3.8, 4) is 11.8 Å². The molecule has 1 amide bonds. The summed E-state index contributed by atoms with van der Waals surface area (Å²) in [4.78, 5) is 12.0. The summed E-state index contributed by atoms with van der Waals surface area (Å²) in [5, 5.41) is 11.4. The van der Waals surface area contributed by atoms with Crippen molar-refractivity contribution in [3.63, 3.8) is 0 Å². The quantitative estimate of drug-likeness (QED) is 0.923. The zero-order chi connectivity index (χ0) is 15.9. The lowest BCUT2D eigenvalue weighted by molar-refractivity contribution is -0.127. The number of rotatable bonds is 5. The molecule has 0 radical (unpaired) electrons. The normalized spacial score (nSPS) is 11.3. The van der Waals surface area contributed by atoms with Gasteiger partial charge in [-0.3, -0.25) is 4.79 Å². The number of nitrogens with one attached hydrogen (secondary N) is 1. The van der Waals surface area contributed by atoms with Gasteiger partial charge in [0.25, 0.3) is 5.91 Å². The molecule has 0 aromatic heterocycles. The Labute approximate surface area is 128 Å². The van der Waals surface area contributed by atoms with Crippen LogP contribution in [0.4, 0.5) is 4.39 Å². The number of nitriles is 1. The maximum atomic E-state index is 13.5. The standard InChI is InChI=1S/C17H15FN2O2/c1-12(22-15-7-4-5-13(9-15)10-19)17(21)20-11-14-6-2-3-8-16(14)18/h2-9,12H,11H2,1H3,(H,20,21). The summed E-state index contributed by atoms with van der Waals surface area (Å²) in [6.07, 6.45) is -0.749. The molecule has 4 nitrogen and oxygen atoms in total. The highest BCUT2D eigenvalue weighted by Crippen LogP contribution is 2.14. The second-order valence-electron chi connectivity index (χ2n) is 4.71. The van der Waals surface area contributed by atoms with Gasteiger partial charge in [-0.25, -0.2) is 4.39 Å². The zero-order valence-electron chi connectivity index (χ0n) is 12.0. The SMILES string of the molecule is CC(Oc1cccc(C#N)c1)C(=O)NCc1ccccc1F. The average molecular weight is 298 g/mol. The molecule has 2 aromatic rings. The number of ether oxygens (including phenoxy) is 1. The van der Waals surface area contributed by atoms with Crippen molar-refractivity contribution in [2.75, 3.05) is 0 Å². The van der Waals surface area contributed by atoms with Crippen molar-refractivity contribution in [2.45, 2.75) is 19.6 Å². The van der Waals surface area contributed by atoms with Gasteiger partial charge >= 0.3 is 0 Å². The lowest BCUT2D eigenvalue weighted by Crippen LogP contribution is -2.36. The molecule has 0 saturated heterocycles. The lowest BCUT2D eigenvalue weighted by atomic mass is 10.2. The molecule has 22 heavy (non-hydrogen) atoms. The van der Waals surface area contributed by atoms with Crippen LogP contribution in [0.3, 0.4) is 0 Å². The maximum absolute atomic E-state index is 13.5. The summed E-state index contributed by atoms with van der Waals surface area (Å²) in [5.41, 5.74) is 0.867. The molecule has 0 aliphatic carbocycles. The minimum atomic E-state index is -0.749. The Balaban J connectivity index is 1.92. The van der Waals surface area contributed by atoms with Crippen molar-refractivity contribution >= 4 is 5.91 Å². The van der Waals surface area contributed by atoms with Crippen LogP contribution in [-0.2, 0) is 11.3 Å². The molecular formula is C17H15FN2O2. The Morgan fingerprint density at radius 2 is 2.09 bits per heavy atom. The largest absolute Gasteiger partial charge is 0.481 e. The third-order valence-electron chi connectivity index (χ3n) is 3.06. The first-order valence-electron chi connectivity index (χ1n) is 6.78. The Kier molecular flexibility index (Phi) is 5.10. The minimum Gasteiger partial charge on any atom is -0.481 e. The smallest absolute Gasteiger partial charge is 0.261 e. The number of hydrogen-bond acceptors (Lipinski definition) is 3. The molecule has 1 unspecified atom stereocenters. The molecule has 0 fully saturated rings. The second-order valence-corrected chi connectivity index (χ2v) is 4.71. The Morgan fingerprint density at radius 1 is 1.32 bits per heavy atom. The van der Waals surface area contributed by atoms with Gasteiger partial charge in [0.15, 0.2) is 6.10 Å². The highest BCUT2D eigenvalue weighted by Gasteiger charge is 2.15. The fourth-order valence-corrected chi connectivity index (χ4v) is 1.86. The molecule has 1 atom stereocenters. The van der Waals surface area contributed by atoms with Gasteiger partial charge in [0.05, 0.1) is 11.6 Å².